The van der Waals surface area contributed by atoms with Gasteiger partial charge in [0.15, 0.2) is 4.90 Å². The molecule has 0 saturated heterocycles. The minimum absolute atomic E-state index is 0.135. The van der Waals surface area contributed by atoms with Gasteiger partial charge in [-0.1, -0.05) is 0 Å². The molecule has 1 aromatic carbocycles. The molecule has 1 rings (SSSR count). The van der Waals surface area contributed by atoms with Crippen molar-refractivity contribution < 1.29 is 36.6 Å². The Kier molecular flexibility index (Phi) is 4.73. The maximum atomic E-state index is 13.4. The van der Waals surface area contributed by atoms with E-state index in [9.17, 15) is 26.4 Å². The van der Waals surface area contributed by atoms with Gasteiger partial charge in [0.1, 0.15) is 23.5 Å². The van der Waals surface area contributed by atoms with Crippen molar-refractivity contribution in [2.24, 2.45) is 0 Å². The first kappa shape index (κ1) is 16.4. The summed E-state index contributed by atoms with van der Waals surface area (Å²) in [6.07, 6.45) is -1.66. The largest absolute Gasteiger partial charge is 0.480 e. The zero-order valence-corrected chi connectivity index (χ0v) is 10.8. The Morgan fingerprint density at radius 2 is 1.70 bits per heavy atom. The number of carboxylic acid groups (broad SMARTS) is 1. The van der Waals surface area contributed by atoms with Crippen molar-refractivity contribution in [3.05, 3.63) is 29.6 Å². The monoisotopic (exact) mass is 313 g/mol. The van der Waals surface area contributed by atoms with Crippen LogP contribution in [0.3, 0.4) is 0 Å². The minimum atomic E-state index is -4.94. The minimum Gasteiger partial charge on any atom is -0.480 e. The summed E-state index contributed by atoms with van der Waals surface area (Å²) in [7, 11) is -4.94. The first-order valence-electron chi connectivity index (χ1n) is 5.14. The van der Waals surface area contributed by atoms with Crippen molar-refractivity contribution >= 4 is 16.0 Å². The summed E-state index contributed by atoms with van der Waals surface area (Å²) < 4.78 is 64.2. The fourth-order valence-corrected chi connectivity index (χ4v) is 2.75. The molecule has 112 valence electrons. The van der Waals surface area contributed by atoms with Crippen LogP contribution in [-0.2, 0) is 14.8 Å². The molecular formula is C10H10F3NO5S. The normalized spacial score (nSPS) is 14.8. The van der Waals surface area contributed by atoms with Gasteiger partial charge in [-0.05, 0) is 6.92 Å². The molecule has 20 heavy (non-hydrogen) atoms. The molecule has 6 nitrogen and oxygen atoms in total. The second-order valence-corrected chi connectivity index (χ2v) is 5.53. The lowest BCUT2D eigenvalue weighted by Gasteiger charge is -2.17. The summed E-state index contributed by atoms with van der Waals surface area (Å²) in [6, 6.07) is -1.74. The van der Waals surface area contributed by atoms with E-state index >= 15 is 0 Å². The van der Waals surface area contributed by atoms with Gasteiger partial charge < -0.3 is 10.2 Å². The quantitative estimate of drug-likeness (QED) is 0.721. The molecule has 0 aliphatic heterocycles. The van der Waals surface area contributed by atoms with Gasteiger partial charge >= 0.3 is 5.97 Å². The highest BCUT2D eigenvalue weighted by atomic mass is 32.2. The number of benzene rings is 1. The SMILES string of the molecule is CC(O)C(NS(=O)(=O)c1c(F)cc(F)cc1F)C(=O)O. The van der Waals surface area contributed by atoms with Crippen molar-refractivity contribution in [2.75, 3.05) is 0 Å². The van der Waals surface area contributed by atoms with E-state index in [-0.39, 0.29) is 12.1 Å². The standard InChI is InChI=1S/C10H10F3NO5S/c1-4(15)8(10(16)17)14-20(18,19)9-6(12)2-5(11)3-7(9)13/h2-4,8,14-15H,1H3,(H,16,17). The Labute approximate surface area is 111 Å². The summed E-state index contributed by atoms with van der Waals surface area (Å²) in [4.78, 5) is 9.22. The van der Waals surface area contributed by atoms with Gasteiger partial charge in [0.05, 0.1) is 6.10 Å². The molecule has 2 atom stereocenters. The molecule has 0 spiro atoms. The second-order valence-electron chi connectivity index (χ2n) is 3.88. The van der Waals surface area contributed by atoms with Crippen LogP contribution in [0.2, 0.25) is 0 Å². The molecule has 0 bridgehead atoms. The Hall–Kier alpha value is -1.65. The number of hydrogen-bond donors (Lipinski definition) is 3. The number of aliphatic hydroxyl groups excluding tert-OH is 1. The van der Waals surface area contributed by atoms with Crippen LogP contribution in [0.4, 0.5) is 13.2 Å². The third kappa shape index (κ3) is 3.46. The lowest BCUT2D eigenvalue weighted by molar-refractivity contribution is -0.141. The second kappa shape index (κ2) is 5.77. The predicted molar refractivity (Wildman–Crippen MR) is 59.7 cm³/mol. The molecule has 0 aromatic heterocycles. The molecule has 0 saturated carbocycles. The number of sulfonamides is 1. The maximum absolute atomic E-state index is 13.4. The van der Waals surface area contributed by atoms with Crippen molar-refractivity contribution in [3.8, 4) is 0 Å². The first-order valence-corrected chi connectivity index (χ1v) is 6.62. The van der Waals surface area contributed by atoms with Crippen LogP contribution in [0.25, 0.3) is 0 Å². The van der Waals surface area contributed by atoms with E-state index in [1.165, 1.54) is 4.72 Å². The van der Waals surface area contributed by atoms with Gasteiger partial charge in [0, 0.05) is 12.1 Å². The summed E-state index contributed by atoms with van der Waals surface area (Å²) in [5, 5.41) is 17.8. The summed E-state index contributed by atoms with van der Waals surface area (Å²) in [6.45, 7) is 0.971. The number of aliphatic carboxylic acids is 1. The number of aliphatic hydroxyl groups is 1. The summed E-state index contributed by atoms with van der Waals surface area (Å²) in [5.41, 5.74) is 0. The number of halogens is 3. The van der Waals surface area contributed by atoms with E-state index in [1.807, 2.05) is 0 Å². The molecule has 0 aliphatic carbocycles. The number of rotatable bonds is 5. The zero-order chi connectivity index (χ0) is 15.7. The van der Waals surface area contributed by atoms with E-state index in [0.717, 1.165) is 6.92 Å². The average Bonchev–Trinajstić information content (AvgIpc) is 2.23. The fraction of sp³-hybridized carbons (Fsp3) is 0.300. The van der Waals surface area contributed by atoms with Gasteiger partial charge in [-0.25, -0.2) is 21.6 Å². The molecule has 0 amide bonds. The van der Waals surface area contributed by atoms with Gasteiger partial charge in [-0.3, -0.25) is 4.79 Å². The Balaban J connectivity index is 3.28. The van der Waals surface area contributed by atoms with Gasteiger partial charge in [0.2, 0.25) is 10.0 Å². The highest BCUT2D eigenvalue weighted by Crippen LogP contribution is 2.20. The number of carbonyl (C=O) groups is 1. The van der Waals surface area contributed by atoms with Crippen molar-refractivity contribution in [3.63, 3.8) is 0 Å². The van der Waals surface area contributed by atoms with Crippen LogP contribution >= 0.6 is 0 Å². The van der Waals surface area contributed by atoms with Crippen LogP contribution < -0.4 is 4.72 Å². The lowest BCUT2D eigenvalue weighted by Crippen LogP contribution is -2.47. The maximum Gasteiger partial charge on any atom is 0.324 e. The van der Waals surface area contributed by atoms with Crippen LogP contribution in [0, 0.1) is 17.5 Å². The Bertz CT molecular complexity index is 609. The number of nitrogens with one attached hydrogen (secondary N) is 1. The summed E-state index contributed by atoms with van der Waals surface area (Å²) >= 11 is 0. The summed E-state index contributed by atoms with van der Waals surface area (Å²) in [5.74, 6) is -6.51. The number of hydrogen-bond acceptors (Lipinski definition) is 4. The smallest absolute Gasteiger partial charge is 0.324 e. The van der Waals surface area contributed by atoms with E-state index in [1.54, 1.807) is 0 Å². The van der Waals surface area contributed by atoms with Crippen LogP contribution in [0.15, 0.2) is 17.0 Å². The molecule has 0 aliphatic rings. The van der Waals surface area contributed by atoms with Crippen molar-refractivity contribution in [1.82, 2.24) is 4.72 Å². The third-order valence-electron chi connectivity index (χ3n) is 2.26. The van der Waals surface area contributed by atoms with Gasteiger partial charge in [-0.15, -0.1) is 0 Å². The van der Waals surface area contributed by atoms with Crippen LogP contribution in [0.5, 0.6) is 0 Å². The van der Waals surface area contributed by atoms with E-state index in [4.69, 9.17) is 10.2 Å². The van der Waals surface area contributed by atoms with E-state index in [2.05, 4.69) is 0 Å². The van der Waals surface area contributed by atoms with Gasteiger partial charge in [-0.2, -0.15) is 4.72 Å². The van der Waals surface area contributed by atoms with Crippen LogP contribution in [0.1, 0.15) is 6.92 Å². The topological polar surface area (TPSA) is 104 Å². The third-order valence-corrected chi connectivity index (χ3v) is 3.75. The highest BCUT2D eigenvalue weighted by Gasteiger charge is 2.33. The zero-order valence-electron chi connectivity index (χ0n) is 9.97. The average molecular weight is 313 g/mol. The van der Waals surface area contributed by atoms with E-state index < -0.39 is 50.5 Å². The molecular weight excluding hydrogens is 303 g/mol. The molecule has 0 radical (unpaired) electrons. The van der Waals surface area contributed by atoms with Crippen molar-refractivity contribution in [1.29, 1.82) is 0 Å². The number of carboxylic acids is 1. The lowest BCUT2D eigenvalue weighted by atomic mass is 10.2. The molecule has 0 fully saturated rings. The molecule has 0 heterocycles. The predicted octanol–water partition coefficient (Wildman–Crippen LogP) is 0.216. The van der Waals surface area contributed by atoms with Gasteiger partial charge in [0.25, 0.3) is 0 Å². The first-order chi connectivity index (χ1) is 9.06. The Morgan fingerprint density at radius 3 is 2.05 bits per heavy atom. The van der Waals surface area contributed by atoms with E-state index in [0.29, 0.717) is 0 Å². The highest BCUT2D eigenvalue weighted by molar-refractivity contribution is 7.89. The Morgan fingerprint density at radius 1 is 1.25 bits per heavy atom. The van der Waals surface area contributed by atoms with Crippen LogP contribution in [-0.4, -0.2) is 36.7 Å². The molecule has 10 heteroatoms. The fourth-order valence-electron chi connectivity index (χ4n) is 1.37. The molecule has 3 N–H and O–H groups in total. The van der Waals surface area contributed by atoms with Crippen molar-refractivity contribution in [2.45, 2.75) is 24.0 Å². The molecule has 1 aromatic rings. The molecule has 2 unspecified atom stereocenters.